The second kappa shape index (κ2) is 9.62. The molecule has 0 amide bonds. The minimum atomic E-state index is -0.388. The SMILES string of the molecule is CCCNC(=NC)NCc1cc(C(=O)OC)c(C)o1.I. The number of nitrogens with zero attached hydrogens (tertiary/aromatic N) is 1. The Morgan fingerprint density at radius 3 is 2.70 bits per heavy atom. The van der Waals surface area contributed by atoms with Crippen LogP contribution in [0.1, 0.15) is 35.2 Å². The summed E-state index contributed by atoms with van der Waals surface area (Å²) >= 11 is 0. The predicted octanol–water partition coefficient (Wildman–Crippen LogP) is 2.07. The lowest BCUT2D eigenvalue weighted by Gasteiger charge is -2.09. The number of aliphatic imine (C=N–C) groups is 1. The molecule has 114 valence electrons. The Morgan fingerprint density at radius 2 is 2.15 bits per heavy atom. The molecule has 0 saturated carbocycles. The number of carbonyl (C=O) groups is 1. The second-order valence-corrected chi connectivity index (χ2v) is 4.03. The molecule has 0 aliphatic rings. The van der Waals surface area contributed by atoms with E-state index >= 15 is 0 Å². The summed E-state index contributed by atoms with van der Waals surface area (Å²) in [6.07, 6.45) is 1.02. The molecule has 0 aliphatic carbocycles. The van der Waals surface area contributed by atoms with Crippen molar-refractivity contribution in [3.63, 3.8) is 0 Å². The number of furan rings is 1. The van der Waals surface area contributed by atoms with E-state index < -0.39 is 0 Å². The summed E-state index contributed by atoms with van der Waals surface area (Å²) in [6.45, 7) is 5.13. The van der Waals surface area contributed by atoms with E-state index in [2.05, 4.69) is 27.3 Å². The molecular formula is C13H22IN3O3. The number of halogens is 1. The maximum absolute atomic E-state index is 11.4. The highest BCUT2D eigenvalue weighted by Gasteiger charge is 2.15. The number of guanidine groups is 1. The van der Waals surface area contributed by atoms with Crippen LogP contribution in [0.4, 0.5) is 0 Å². The molecule has 0 aromatic carbocycles. The molecule has 6 nitrogen and oxygen atoms in total. The average molecular weight is 395 g/mol. The monoisotopic (exact) mass is 395 g/mol. The minimum Gasteiger partial charge on any atom is -0.465 e. The zero-order valence-electron chi connectivity index (χ0n) is 12.3. The van der Waals surface area contributed by atoms with Crippen LogP contribution in [0.2, 0.25) is 0 Å². The first-order valence-corrected chi connectivity index (χ1v) is 6.24. The van der Waals surface area contributed by atoms with Crippen molar-refractivity contribution in [3.8, 4) is 0 Å². The number of aryl methyl sites for hydroxylation is 1. The molecule has 7 heteroatoms. The molecule has 0 fully saturated rings. The zero-order chi connectivity index (χ0) is 14.3. The lowest BCUT2D eigenvalue weighted by atomic mass is 10.2. The lowest BCUT2D eigenvalue weighted by Crippen LogP contribution is -2.37. The average Bonchev–Trinajstić information content (AvgIpc) is 2.79. The topological polar surface area (TPSA) is 75.9 Å². The number of nitrogens with one attached hydrogen (secondary N) is 2. The summed E-state index contributed by atoms with van der Waals surface area (Å²) in [7, 11) is 3.06. The van der Waals surface area contributed by atoms with Gasteiger partial charge >= 0.3 is 5.97 Å². The number of rotatable bonds is 5. The predicted molar refractivity (Wildman–Crippen MR) is 88.7 cm³/mol. The van der Waals surface area contributed by atoms with Gasteiger partial charge in [-0.05, 0) is 19.4 Å². The Hall–Kier alpha value is -1.25. The van der Waals surface area contributed by atoms with Crippen LogP contribution in [-0.2, 0) is 11.3 Å². The molecule has 0 bridgehead atoms. The Morgan fingerprint density at radius 1 is 1.45 bits per heavy atom. The fourth-order valence-electron chi connectivity index (χ4n) is 1.58. The number of esters is 1. The van der Waals surface area contributed by atoms with Gasteiger partial charge in [0.05, 0.1) is 13.7 Å². The van der Waals surface area contributed by atoms with E-state index in [0.717, 1.165) is 13.0 Å². The maximum atomic E-state index is 11.4. The van der Waals surface area contributed by atoms with Crippen molar-refractivity contribution in [2.75, 3.05) is 20.7 Å². The molecule has 0 saturated heterocycles. The Labute approximate surface area is 136 Å². The minimum absolute atomic E-state index is 0. The van der Waals surface area contributed by atoms with E-state index in [1.807, 2.05) is 0 Å². The normalized spacial score (nSPS) is 10.7. The Bertz CT molecular complexity index is 458. The number of hydrogen-bond donors (Lipinski definition) is 2. The standard InChI is InChI=1S/C13H21N3O3.HI/c1-5-6-15-13(14-3)16-8-10-7-11(9(2)19-10)12(17)18-4;/h7H,5-6,8H2,1-4H3,(H2,14,15,16);1H. The van der Waals surface area contributed by atoms with Crippen LogP contribution in [0.3, 0.4) is 0 Å². The summed E-state index contributed by atoms with van der Waals surface area (Å²) in [5.41, 5.74) is 0.454. The first-order chi connectivity index (χ1) is 9.12. The maximum Gasteiger partial charge on any atom is 0.341 e. The molecule has 1 aromatic rings. The van der Waals surface area contributed by atoms with E-state index in [1.54, 1.807) is 20.0 Å². The molecular weight excluding hydrogens is 373 g/mol. The first-order valence-electron chi connectivity index (χ1n) is 6.24. The molecule has 0 unspecified atom stereocenters. The molecule has 1 aromatic heterocycles. The van der Waals surface area contributed by atoms with Gasteiger partial charge in [-0.2, -0.15) is 0 Å². The van der Waals surface area contributed by atoms with Crippen molar-refractivity contribution in [2.45, 2.75) is 26.8 Å². The fourth-order valence-corrected chi connectivity index (χ4v) is 1.58. The van der Waals surface area contributed by atoms with Crippen LogP contribution in [0.25, 0.3) is 0 Å². The number of carbonyl (C=O) groups excluding carboxylic acids is 1. The molecule has 0 spiro atoms. The summed E-state index contributed by atoms with van der Waals surface area (Å²) in [4.78, 5) is 15.5. The second-order valence-electron chi connectivity index (χ2n) is 4.03. The number of ether oxygens (including phenoxy) is 1. The van der Waals surface area contributed by atoms with Crippen LogP contribution in [-0.4, -0.2) is 32.6 Å². The van der Waals surface area contributed by atoms with Crippen LogP contribution in [0.5, 0.6) is 0 Å². The Kier molecular flexibility index (Phi) is 9.02. The van der Waals surface area contributed by atoms with Gasteiger partial charge in [0.2, 0.25) is 0 Å². The van der Waals surface area contributed by atoms with E-state index in [-0.39, 0.29) is 29.9 Å². The molecule has 1 rings (SSSR count). The largest absolute Gasteiger partial charge is 0.465 e. The van der Waals surface area contributed by atoms with Gasteiger partial charge < -0.3 is 19.8 Å². The van der Waals surface area contributed by atoms with Gasteiger partial charge in [0, 0.05) is 13.6 Å². The number of hydrogen-bond acceptors (Lipinski definition) is 4. The van der Waals surface area contributed by atoms with Crippen molar-refractivity contribution in [1.82, 2.24) is 10.6 Å². The van der Waals surface area contributed by atoms with Crippen molar-refractivity contribution in [1.29, 1.82) is 0 Å². The molecule has 2 N–H and O–H groups in total. The van der Waals surface area contributed by atoms with Gasteiger partial charge in [-0.25, -0.2) is 4.79 Å². The fraction of sp³-hybridized carbons (Fsp3) is 0.538. The van der Waals surface area contributed by atoms with Gasteiger partial charge in [-0.15, -0.1) is 24.0 Å². The number of methoxy groups -OCH3 is 1. The van der Waals surface area contributed by atoms with Crippen LogP contribution in [0.15, 0.2) is 15.5 Å². The quantitative estimate of drug-likeness (QED) is 0.346. The van der Waals surface area contributed by atoms with E-state index in [1.165, 1.54) is 7.11 Å². The lowest BCUT2D eigenvalue weighted by molar-refractivity contribution is 0.0599. The third-order valence-electron chi connectivity index (χ3n) is 2.57. The summed E-state index contributed by atoms with van der Waals surface area (Å²) in [6, 6.07) is 1.68. The van der Waals surface area contributed by atoms with Crippen molar-refractivity contribution in [2.24, 2.45) is 4.99 Å². The molecule has 0 atom stereocenters. The molecule has 0 radical (unpaired) electrons. The van der Waals surface area contributed by atoms with Crippen LogP contribution < -0.4 is 10.6 Å². The smallest absolute Gasteiger partial charge is 0.341 e. The molecule has 0 aliphatic heterocycles. The van der Waals surface area contributed by atoms with E-state index in [0.29, 0.717) is 29.6 Å². The third kappa shape index (κ3) is 5.40. The summed E-state index contributed by atoms with van der Waals surface area (Å²) in [5.74, 6) is 1.54. The Balaban J connectivity index is 0.00000361. The highest BCUT2D eigenvalue weighted by molar-refractivity contribution is 14.0. The third-order valence-corrected chi connectivity index (χ3v) is 2.57. The highest BCUT2D eigenvalue weighted by atomic mass is 127. The van der Waals surface area contributed by atoms with Gasteiger partial charge in [0.25, 0.3) is 0 Å². The van der Waals surface area contributed by atoms with Crippen LogP contribution in [0, 0.1) is 6.92 Å². The van der Waals surface area contributed by atoms with Crippen molar-refractivity contribution >= 4 is 35.9 Å². The zero-order valence-corrected chi connectivity index (χ0v) is 14.6. The summed E-state index contributed by atoms with van der Waals surface area (Å²) < 4.78 is 10.2. The van der Waals surface area contributed by atoms with Gasteiger partial charge in [0.15, 0.2) is 5.96 Å². The highest BCUT2D eigenvalue weighted by Crippen LogP contribution is 2.15. The molecule has 1 heterocycles. The van der Waals surface area contributed by atoms with E-state index in [4.69, 9.17) is 4.42 Å². The van der Waals surface area contributed by atoms with Crippen LogP contribution >= 0.6 is 24.0 Å². The van der Waals surface area contributed by atoms with Crippen molar-refractivity contribution in [3.05, 3.63) is 23.2 Å². The van der Waals surface area contributed by atoms with Crippen molar-refractivity contribution < 1.29 is 13.9 Å². The first kappa shape index (κ1) is 18.8. The summed E-state index contributed by atoms with van der Waals surface area (Å²) in [5, 5.41) is 6.26. The van der Waals surface area contributed by atoms with Gasteiger partial charge in [0.1, 0.15) is 17.1 Å². The van der Waals surface area contributed by atoms with Gasteiger partial charge in [-0.1, -0.05) is 6.92 Å². The van der Waals surface area contributed by atoms with Gasteiger partial charge in [-0.3, -0.25) is 4.99 Å². The van der Waals surface area contributed by atoms with E-state index in [9.17, 15) is 4.79 Å². The molecule has 20 heavy (non-hydrogen) atoms.